The van der Waals surface area contributed by atoms with Crippen LogP contribution in [-0.2, 0) is 6.54 Å². The molecule has 0 atom stereocenters. The first-order chi connectivity index (χ1) is 8.56. The van der Waals surface area contributed by atoms with Gasteiger partial charge in [-0.2, -0.15) is 0 Å². The number of phenolic OH excluding ortho intramolecular Hbond substituents is 1. The second kappa shape index (κ2) is 5.71. The van der Waals surface area contributed by atoms with Crippen LogP contribution in [0, 0.1) is 5.82 Å². The van der Waals surface area contributed by atoms with Crippen molar-refractivity contribution in [3.05, 3.63) is 56.7 Å². The maximum Gasteiger partial charge on any atom is 0.146 e. The van der Waals surface area contributed by atoms with E-state index in [4.69, 9.17) is 0 Å². The fourth-order valence-electron chi connectivity index (χ4n) is 1.49. The van der Waals surface area contributed by atoms with Crippen LogP contribution in [0.5, 0.6) is 5.75 Å². The summed E-state index contributed by atoms with van der Waals surface area (Å²) in [5.74, 6) is -0.108. The van der Waals surface area contributed by atoms with Gasteiger partial charge < -0.3 is 10.4 Å². The van der Waals surface area contributed by atoms with E-state index in [9.17, 15) is 9.50 Å². The summed E-state index contributed by atoms with van der Waals surface area (Å²) in [6.07, 6.45) is 0. The number of anilines is 1. The fourth-order valence-corrected chi connectivity index (χ4v) is 2.28. The van der Waals surface area contributed by atoms with E-state index in [-0.39, 0.29) is 11.6 Å². The Morgan fingerprint density at radius 2 is 1.89 bits per heavy atom. The minimum Gasteiger partial charge on any atom is -0.507 e. The van der Waals surface area contributed by atoms with E-state index in [0.29, 0.717) is 16.7 Å². The number of phenols is 1. The second-order valence-electron chi connectivity index (χ2n) is 3.76. The molecule has 0 unspecified atom stereocenters. The van der Waals surface area contributed by atoms with Crippen LogP contribution in [0.15, 0.2) is 45.3 Å². The molecule has 0 saturated carbocycles. The summed E-state index contributed by atoms with van der Waals surface area (Å²) < 4.78 is 14.9. The molecule has 0 aromatic heterocycles. The van der Waals surface area contributed by atoms with Crippen molar-refractivity contribution in [1.29, 1.82) is 0 Å². The lowest BCUT2D eigenvalue weighted by atomic mass is 10.2. The first kappa shape index (κ1) is 13.4. The Labute approximate surface area is 121 Å². The number of hydrogen-bond donors (Lipinski definition) is 2. The van der Waals surface area contributed by atoms with Gasteiger partial charge in [0.25, 0.3) is 0 Å². The molecule has 18 heavy (non-hydrogen) atoms. The van der Waals surface area contributed by atoms with Gasteiger partial charge in [-0.05, 0) is 51.8 Å². The molecule has 0 heterocycles. The third-order valence-corrected chi connectivity index (χ3v) is 3.55. The van der Waals surface area contributed by atoms with E-state index < -0.39 is 0 Å². The summed E-state index contributed by atoms with van der Waals surface area (Å²) in [4.78, 5) is 0. The minimum atomic E-state index is -0.295. The molecule has 0 aliphatic heterocycles. The topological polar surface area (TPSA) is 32.3 Å². The summed E-state index contributed by atoms with van der Waals surface area (Å²) in [5.41, 5.74) is 1.38. The van der Waals surface area contributed by atoms with Gasteiger partial charge in [0.1, 0.15) is 11.6 Å². The van der Waals surface area contributed by atoms with Crippen molar-refractivity contribution in [1.82, 2.24) is 0 Å². The minimum absolute atomic E-state index is 0.187. The van der Waals surface area contributed by atoms with E-state index in [0.717, 1.165) is 10.0 Å². The van der Waals surface area contributed by atoms with Crippen molar-refractivity contribution < 1.29 is 9.50 Å². The normalized spacial score (nSPS) is 10.4. The van der Waals surface area contributed by atoms with E-state index in [1.165, 1.54) is 6.07 Å². The Bertz CT molecular complexity index is 575. The number of halogens is 3. The molecule has 0 saturated heterocycles. The summed E-state index contributed by atoms with van der Waals surface area (Å²) in [5, 5.41) is 12.4. The molecular weight excluding hydrogens is 365 g/mol. The summed E-state index contributed by atoms with van der Waals surface area (Å²) in [7, 11) is 0. The monoisotopic (exact) mass is 373 g/mol. The zero-order chi connectivity index (χ0) is 13.1. The van der Waals surface area contributed by atoms with Crippen LogP contribution in [0.1, 0.15) is 5.56 Å². The number of benzene rings is 2. The van der Waals surface area contributed by atoms with Crippen LogP contribution in [0.25, 0.3) is 0 Å². The molecule has 0 spiro atoms. The first-order valence-electron chi connectivity index (χ1n) is 5.22. The Kier molecular flexibility index (Phi) is 4.24. The second-order valence-corrected chi connectivity index (χ2v) is 5.53. The van der Waals surface area contributed by atoms with Gasteiger partial charge in [-0.1, -0.05) is 22.0 Å². The highest BCUT2D eigenvalue weighted by molar-refractivity contribution is 9.10. The van der Waals surface area contributed by atoms with Crippen LogP contribution in [-0.4, -0.2) is 5.11 Å². The van der Waals surface area contributed by atoms with Gasteiger partial charge in [-0.25, -0.2) is 4.39 Å². The number of aromatic hydroxyl groups is 1. The molecule has 94 valence electrons. The Morgan fingerprint density at radius 3 is 2.61 bits per heavy atom. The summed E-state index contributed by atoms with van der Waals surface area (Å²) in [6.45, 7) is 0.478. The van der Waals surface area contributed by atoms with Gasteiger partial charge >= 0.3 is 0 Å². The zero-order valence-corrected chi connectivity index (χ0v) is 12.4. The van der Waals surface area contributed by atoms with Gasteiger partial charge in [-0.15, -0.1) is 0 Å². The number of hydrogen-bond acceptors (Lipinski definition) is 2. The molecule has 0 amide bonds. The Morgan fingerprint density at radius 1 is 1.11 bits per heavy atom. The largest absolute Gasteiger partial charge is 0.507 e. The molecule has 0 radical (unpaired) electrons. The molecule has 2 rings (SSSR count). The van der Waals surface area contributed by atoms with E-state index in [2.05, 4.69) is 37.2 Å². The molecule has 0 bridgehead atoms. The van der Waals surface area contributed by atoms with Crippen molar-refractivity contribution in [3.8, 4) is 5.75 Å². The van der Waals surface area contributed by atoms with Crippen LogP contribution >= 0.6 is 31.9 Å². The van der Waals surface area contributed by atoms with Crippen molar-refractivity contribution >= 4 is 37.5 Å². The van der Waals surface area contributed by atoms with Crippen molar-refractivity contribution in [2.45, 2.75) is 6.54 Å². The number of rotatable bonds is 3. The van der Waals surface area contributed by atoms with Gasteiger partial charge in [0.15, 0.2) is 0 Å². The Balaban J connectivity index is 2.11. The fraction of sp³-hybridized carbons (Fsp3) is 0.0769. The molecule has 0 aliphatic carbocycles. The highest BCUT2D eigenvalue weighted by Gasteiger charge is 2.04. The molecule has 2 nitrogen and oxygen atoms in total. The SMILES string of the molecule is Oc1ccc(CNc2cc(Br)ccc2F)cc1Br. The lowest BCUT2D eigenvalue weighted by Crippen LogP contribution is -2.01. The van der Waals surface area contributed by atoms with Crippen molar-refractivity contribution in [3.63, 3.8) is 0 Å². The smallest absolute Gasteiger partial charge is 0.146 e. The highest BCUT2D eigenvalue weighted by atomic mass is 79.9. The molecule has 2 N–H and O–H groups in total. The summed E-state index contributed by atoms with van der Waals surface area (Å²) >= 11 is 6.54. The van der Waals surface area contributed by atoms with Gasteiger partial charge in [0.2, 0.25) is 0 Å². The predicted molar refractivity (Wildman–Crippen MR) is 77.2 cm³/mol. The van der Waals surface area contributed by atoms with Gasteiger partial charge in [0.05, 0.1) is 10.2 Å². The van der Waals surface area contributed by atoms with Crippen LogP contribution < -0.4 is 5.32 Å². The lowest BCUT2D eigenvalue weighted by Gasteiger charge is -2.09. The van der Waals surface area contributed by atoms with Crippen LogP contribution in [0.2, 0.25) is 0 Å². The molecular formula is C13H10Br2FNO. The standard InChI is InChI=1S/C13H10Br2FNO/c14-9-2-3-11(16)12(6-9)17-7-8-1-4-13(18)10(15)5-8/h1-6,17-18H,7H2. The average Bonchev–Trinajstić information content (AvgIpc) is 2.34. The lowest BCUT2D eigenvalue weighted by molar-refractivity contribution is 0.471. The maximum atomic E-state index is 13.5. The summed E-state index contributed by atoms with van der Waals surface area (Å²) in [6, 6.07) is 9.90. The zero-order valence-electron chi connectivity index (χ0n) is 9.25. The van der Waals surface area contributed by atoms with E-state index in [1.54, 1.807) is 30.3 Å². The van der Waals surface area contributed by atoms with E-state index in [1.807, 2.05) is 0 Å². The van der Waals surface area contributed by atoms with Gasteiger partial charge in [0, 0.05) is 11.0 Å². The molecule has 0 aliphatic rings. The average molecular weight is 375 g/mol. The quantitative estimate of drug-likeness (QED) is 0.818. The predicted octanol–water partition coefficient (Wildman–Crippen LogP) is 4.67. The van der Waals surface area contributed by atoms with Crippen molar-refractivity contribution in [2.24, 2.45) is 0 Å². The van der Waals surface area contributed by atoms with E-state index >= 15 is 0 Å². The number of nitrogens with one attached hydrogen (secondary N) is 1. The highest BCUT2D eigenvalue weighted by Crippen LogP contribution is 2.25. The Hall–Kier alpha value is -1.07. The van der Waals surface area contributed by atoms with Crippen LogP contribution in [0.4, 0.5) is 10.1 Å². The van der Waals surface area contributed by atoms with Crippen molar-refractivity contribution in [2.75, 3.05) is 5.32 Å². The molecule has 0 fully saturated rings. The molecule has 5 heteroatoms. The molecule has 2 aromatic rings. The first-order valence-corrected chi connectivity index (χ1v) is 6.81. The maximum absolute atomic E-state index is 13.5. The third-order valence-electron chi connectivity index (χ3n) is 2.42. The molecule has 2 aromatic carbocycles. The van der Waals surface area contributed by atoms with Gasteiger partial charge in [-0.3, -0.25) is 0 Å². The third kappa shape index (κ3) is 3.23. The van der Waals surface area contributed by atoms with Crippen LogP contribution in [0.3, 0.4) is 0 Å².